The van der Waals surface area contributed by atoms with Crippen LogP contribution in [0.5, 0.6) is 0 Å². The Morgan fingerprint density at radius 2 is 1.95 bits per heavy atom. The molecule has 1 unspecified atom stereocenters. The Labute approximate surface area is 118 Å². The molecular formula is C16H17ClFN. The molecule has 1 atom stereocenters. The van der Waals surface area contributed by atoms with E-state index in [1.54, 1.807) is 13.0 Å². The van der Waals surface area contributed by atoms with Crippen LogP contribution in [0.2, 0.25) is 5.02 Å². The average Bonchev–Trinajstić information content (AvgIpc) is 2.41. The molecule has 0 aliphatic heterocycles. The van der Waals surface area contributed by atoms with Crippen molar-refractivity contribution in [1.29, 1.82) is 0 Å². The molecule has 2 rings (SSSR count). The predicted octanol–water partition coefficient (Wildman–Crippen LogP) is 4.73. The zero-order valence-corrected chi connectivity index (χ0v) is 12.1. The first-order valence-corrected chi connectivity index (χ1v) is 6.64. The summed E-state index contributed by atoms with van der Waals surface area (Å²) in [6.07, 6.45) is 0. The van der Waals surface area contributed by atoms with Gasteiger partial charge in [0.2, 0.25) is 0 Å². The van der Waals surface area contributed by atoms with Crippen LogP contribution in [0.4, 0.5) is 4.39 Å². The van der Waals surface area contributed by atoms with E-state index in [2.05, 4.69) is 5.32 Å². The van der Waals surface area contributed by atoms with Gasteiger partial charge in [0.05, 0.1) is 0 Å². The molecule has 0 radical (unpaired) electrons. The molecule has 0 aliphatic carbocycles. The molecule has 0 saturated carbocycles. The molecule has 0 heterocycles. The van der Waals surface area contributed by atoms with Gasteiger partial charge in [-0.3, -0.25) is 0 Å². The molecule has 0 bridgehead atoms. The summed E-state index contributed by atoms with van der Waals surface area (Å²) >= 11 is 6.31. The van der Waals surface area contributed by atoms with E-state index >= 15 is 0 Å². The fourth-order valence-electron chi connectivity index (χ4n) is 2.12. The Morgan fingerprint density at radius 3 is 2.58 bits per heavy atom. The maximum Gasteiger partial charge on any atom is 0.126 e. The molecule has 0 amide bonds. The SMILES string of the molecule is CNC(C)c1ccc(-c2cccc(F)c2C)cc1Cl. The second kappa shape index (κ2) is 5.72. The lowest BCUT2D eigenvalue weighted by atomic mass is 9.98. The topological polar surface area (TPSA) is 12.0 Å². The van der Waals surface area contributed by atoms with Crippen molar-refractivity contribution in [2.45, 2.75) is 19.9 Å². The smallest absolute Gasteiger partial charge is 0.126 e. The van der Waals surface area contributed by atoms with E-state index in [1.807, 2.05) is 38.2 Å². The average molecular weight is 278 g/mol. The Hall–Kier alpha value is -1.38. The van der Waals surface area contributed by atoms with Crippen molar-refractivity contribution in [3.63, 3.8) is 0 Å². The molecule has 19 heavy (non-hydrogen) atoms. The maximum atomic E-state index is 13.6. The molecule has 100 valence electrons. The molecule has 3 heteroatoms. The first-order chi connectivity index (χ1) is 9.04. The first kappa shape index (κ1) is 14.0. The number of hydrogen-bond acceptors (Lipinski definition) is 1. The van der Waals surface area contributed by atoms with Crippen LogP contribution in [0, 0.1) is 12.7 Å². The highest BCUT2D eigenvalue weighted by Gasteiger charge is 2.11. The standard InChI is InChI=1S/C16H17ClFN/c1-10-13(5-4-6-16(10)18)12-7-8-14(11(2)19-3)15(17)9-12/h4-9,11,19H,1-3H3. The van der Waals surface area contributed by atoms with Crippen molar-refractivity contribution in [1.82, 2.24) is 5.32 Å². The minimum absolute atomic E-state index is 0.190. The minimum Gasteiger partial charge on any atom is -0.313 e. The third-order valence-electron chi connectivity index (χ3n) is 3.48. The lowest BCUT2D eigenvalue weighted by Gasteiger charge is -2.14. The van der Waals surface area contributed by atoms with Gasteiger partial charge in [0.1, 0.15) is 5.82 Å². The third kappa shape index (κ3) is 2.80. The quantitative estimate of drug-likeness (QED) is 0.855. The largest absolute Gasteiger partial charge is 0.313 e. The maximum absolute atomic E-state index is 13.6. The van der Waals surface area contributed by atoms with E-state index in [-0.39, 0.29) is 11.9 Å². The Morgan fingerprint density at radius 1 is 1.21 bits per heavy atom. The van der Waals surface area contributed by atoms with Gasteiger partial charge in [0.15, 0.2) is 0 Å². The molecule has 2 aromatic rings. The second-order valence-corrected chi connectivity index (χ2v) is 5.07. The van der Waals surface area contributed by atoms with Gasteiger partial charge >= 0.3 is 0 Å². The van der Waals surface area contributed by atoms with Crippen LogP contribution >= 0.6 is 11.6 Å². The van der Waals surface area contributed by atoms with E-state index in [1.165, 1.54) is 6.07 Å². The second-order valence-electron chi connectivity index (χ2n) is 4.66. The van der Waals surface area contributed by atoms with Crippen LogP contribution in [0.3, 0.4) is 0 Å². The van der Waals surface area contributed by atoms with Gasteiger partial charge in [-0.15, -0.1) is 0 Å². The molecule has 0 aliphatic rings. The number of nitrogens with one attached hydrogen (secondary N) is 1. The first-order valence-electron chi connectivity index (χ1n) is 6.26. The molecule has 0 aromatic heterocycles. The van der Waals surface area contributed by atoms with Crippen LogP contribution in [0.15, 0.2) is 36.4 Å². The summed E-state index contributed by atoms with van der Waals surface area (Å²) in [7, 11) is 1.89. The zero-order chi connectivity index (χ0) is 14.0. The van der Waals surface area contributed by atoms with Gasteiger partial charge in [-0.25, -0.2) is 4.39 Å². The van der Waals surface area contributed by atoms with Gasteiger partial charge < -0.3 is 5.32 Å². The highest BCUT2D eigenvalue weighted by atomic mass is 35.5. The van der Waals surface area contributed by atoms with Crippen molar-refractivity contribution in [2.24, 2.45) is 0 Å². The van der Waals surface area contributed by atoms with Gasteiger partial charge in [0, 0.05) is 11.1 Å². The van der Waals surface area contributed by atoms with Gasteiger partial charge in [0.25, 0.3) is 0 Å². The number of rotatable bonds is 3. The van der Waals surface area contributed by atoms with Crippen molar-refractivity contribution in [3.8, 4) is 11.1 Å². The molecule has 2 aromatic carbocycles. The Kier molecular flexibility index (Phi) is 4.23. The van der Waals surface area contributed by atoms with E-state index in [9.17, 15) is 4.39 Å². The van der Waals surface area contributed by atoms with E-state index < -0.39 is 0 Å². The monoisotopic (exact) mass is 277 g/mol. The van der Waals surface area contributed by atoms with Crippen molar-refractivity contribution in [3.05, 3.63) is 58.4 Å². The van der Waals surface area contributed by atoms with E-state index in [4.69, 9.17) is 11.6 Å². The highest BCUT2D eigenvalue weighted by Crippen LogP contribution is 2.31. The normalized spacial score (nSPS) is 12.5. The number of hydrogen-bond donors (Lipinski definition) is 1. The van der Waals surface area contributed by atoms with E-state index in [0.29, 0.717) is 10.6 Å². The van der Waals surface area contributed by atoms with Crippen molar-refractivity contribution >= 4 is 11.6 Å². The molecule has 1 N–H and O–H groups in total. The summed E-state index contributed by atoms with van der Waals surface area (Å²) in [6.45, 7) is 3.83. The Bertz CT molecular complexity index is 595. The zero-order valence-electron chi connectivity index (χ0n) is 11.3. The van der Waals surface area contributed by atoms with Crippen LogP contribution in [0.1, 0.15) is 24.1 Å². The van der Waals surface area contributed by atoms with E-state index in [0.717, 1.165) is 16.7 Å². The lowest BCUT2D eigenvalue weighted by molar-refractivity contribution is 0.619. The number of halogens is 2. The van der Waals surface area contributed by atoms with Gasteiger partial charge in [-0.05, 0) is 55.3 Å². The summed E-state index contributed by atoms with van der Waals surface area (Å²) in [5.41, 5.74) is 3.51. The summed E-state index contributed by atoms with van der Waals surface area (Å²) in [5, 5.41) is 3.85. The molecule has 0 saturated heterocycles. The predicted molar refractivity (Wildman–Crippen MR) is 79.1 cm³/mol. The van der Waals surface area contributed by atoms with Gasteiger partial charge in [-0.1, -0.05) is 35.9 Å². The molecule has 0 spiro atoms. The molecule has 1 nitrogen and oxygen atoms in total. The lowest BCUT2D eigenvalue weighted by Crippen LogP contribution is -2.12. The summed E-state index contributed by atoms with van der Waals surface area (Å²) < 4.78 is 13.6. The fraction of sp³-hybridized carbons (Fsp3) is 0.250. The van der Waals surface area contributed by atoms with Crippen LogP contribution in [0.25, 0.3) is 11.1 Å². The third-order valence-corrected chi connectivity index (χ3v) is 3.81. The fourth-order valence-corrected chi connectivity index (χ4v) is 2.47. The molecular weight excluding hydrogens is 261 g/mol. The van der Waals surface area contributed by atoms with Gasteiger partial charge in [-0.2, -0.15) is 0 Å². The Balaban J connectivity index is 2.48. The summed E-state index contributed by atoms with van der Waals surface area (Å²) in [6, 6.07) is 11.2. The highest BCUT2D eigenvalue weighted by molar-refractivity contribution is 6.31. The number of benzene rings is 2. The van der Waals surface area contributed by atoms with Crippen LogP contribution < -0.4 is 5.32 Å². The van der Waals surface area contributed by atoms with Crippen molar-refractivity contribution in [2.75, 3.05) is 7.05 Å². The minimum atomic E-state index is -0.193. The van der Waals surface area contributed by atoms with Crippen LogP contribution in [-0.2, 0) is 0 Å². The molecule has 0 fully saturated rings. The van der Waals surface area contributed by atoms with Crippen molar-refractivity contribution < 1.29 is 4.39 Å². The van der Waals surface area contributed by atoms with Crippen LogP contribution in [-0.4, -0.2) is 7.05 Å². The summed E-state index contributed by atoms with van der Waals surface area (Å²) in [5.74, 6) is -0.193. The summed E-state index contributed by atoms with van der Waals surface area (Å²) in [4.78, 5) is 0.